The highest BCUT2D eigenvalue weighted by Crippen LogP contribution is 2.29. The third-order valence-electron chi connectivity index (χ3n) is 3.80. The fraction of sp³-hybridized carbons (Fsp3) is 0.529. The molecule has 3 atom stereocenters. The number of hydrogen-bond acceptors (Lipinski definition) is 5. The molecule has 1 aromatic carbocycles. The van der Waals surface area contributed by atoms with E-state index in [1.807, 2.05) is 24.3 Å². The maximum atomic E-state index is 12.0. The van der Waals surface area contributed by atoms with Crippen LogP contribution in [0.3, 0.4) is 0 Å². The molecule has 0 spiro atoms. The lowest BCUT2D eigenvalue weighted by molar-refractivity contribution is -0.151. The van der Waals surface area contributed by atoms with Crippen LogP contribution in [0.4, 0.5) is 0 Å². The molecule has 1 heterocycles. The molecule has 2 N–H and O–H groups in total. The Kier molecular flexibility index (Phi) is 6.93. The standard InChI is InChI=1S/C17H23NO5S/c1-11(10-24-15-6-4-3-5-12(15)22-2)9-18-16(19)13-7-8-14(23-13)17(20)21/h3-6,11,13-14H,7-10H2,1-2H3,(H,18,19)(H,20,21)/t11?,13-,14+/m0/s1. The van der Waals surface area contributed by atoms with Gasteiger partial charge in [0.2, 0.25) is 5.91 Å². The molecular formula is C17H23NO5S. The molecule has 0 saturated carbocycles. The Bertz CT molecular complexity index is 580. The molecule has 1 aliphatic heterocycles. The van der Waals surface area contributed by atoms with Crippen LogP contribution in [0, 0.1) is 5.92 Å². The summed E-state index contributed by atoms with van der Waals surface area (Å²) in [6.07, 6.45) is -0.681. The first-order valence-electron chi connectivity index (χ1n) is 7.93. The number of carboxylic acid groups (broad SMARTS) is 1. The Morgan fingerprint density at radius 1 is 1.38 bits per heavy atom. The number of methoxy groups -OCH3 is 1. The van der Waals surface area contributed by atoms with Crippen molar-refractivity contribution in [1.29, 1.82) is 0 Å². The number of aliphatic carboxylic acids is 1. The Hall–Kier alpha value is -1.73. The molecule has 0 radical (unpaired) electrons. The van der Waals surface area contributed by atoms with Crippen molar-refractivity contribution in [2.24, 2.45) is 5.92 Å². The summed E-state index contributed by atoms with van der Waals surface area (Å²) < 4.78 is 10.6. The lowest BCUT2D eigenvalue weighted by Gasteiger charge is -2.16. The van der Waals surface area contributed by atoms with Crippen molar-refractivity contribution in [2.45, 2.75) is 36.9 Å². The van der Waals surface area contributed by atoms with E-state index in [2.05, 4.69) is 12.2 Å². The molecule has 1 amide bonds. The van der Waals surface area contributed by atoms with Crippen LogP contribution >= 0.6 is 11.8 Å². The molecule has 132 valence electrons. The van der Waals surface area contributed by atoms with E-state index >= 15 is 0 Å². The number of hydrogen-bond donors (Lipinski definition) is 2. The Labute approximate surface area is 145 Å². The van der Waals surface area contributed by atoms with Crippen molar-refractivity contribution in [1.82, 2.24) is 5.32 Å². The molecule has 0 bridgehead atoms. The number of ether oxygens (including phenoxy) is 2. The van der Waals surface area contributed by atoms with Crippen LogP contribution in [-0.4, -0.2) is 48.6 Å². The number of para-hydroxylation sites is 1. The molecule has 7 heteroatoms. The molecule has 0 aliphatic carbocycles. The second kappa shape index (κ2) is 8.94. The molecule has 1 saturated heterocycles. The number of benzene rings is 1. The summed E-state index contributed by atoms with van der Waals surface area (Å²) in [5.41, 5.74) is 0. The van der Waals surface area contributed by atoms with Crippen molar-refractivity contribution in [2.75, 3.05) is 19.4 Å². The number of carbonyl (C=O) groups excluding carboxylic acids is 1. The lowest BCUT2D eigenvalue weighted by Crippen LogP contribution is -2.38. The van der Waals surface area contributed by atoms with E-state index in [0.29, 0.717) is 19.4 Å². The zero-order chi connectivity index (χ0) is 17.5. The van der Waals surface area contributed by atoms with E-state index in [0.717, 1.165) is 16.4 Å². The summed E-state index contributed by atoms with van der Waals surface area (Å²) in [6.45, 7) is 2.58. The predicted octanol–water partition coefficient (Wildman–Crippen LogP) is 2.17. The third-order valence-corrected chi connectivity index (χ3v) is 5.19. The Balaban J connectivity index is 1.72. The summed E-state index contributed by atoms with van der Waals surface area (Å²) in [4.78, 5) is 23.9. The van der Waals surface area contributed by atoms with Gasteiger partial charge in [0.25, 0.3) is 0 Å². The maximum Gasteiger partial charge on any atom is 0.332 e. The predicted molar refractivity (Wildman–Crippen MR) is 91.4 cm³/mol. The minimum absolute atomic E-state index is 0.229. The van der Waals surface area contributed by atoms with Gasteiger partial charge in [-0.3, -0.25) is 4.79 Å². The highest BCUT2D eigenvalue weighted by Gasteiger charge is 2.34. The van der Waals surface area contributed by atoms with Gasteiger partial charge in [0, 0.05) is 17.2 Å². The molecule has 2 rings (SSSR count). The van der Waals surface area contributed by atoms with Crippen LogP contribution < -0.4 is 10.1 Å². The van der Waals surface area contributed by atoms with Crippen LogP contribution in [0.2, 0.25) is 0 Å². The molecule has 6 nitrogen and oxygen atoms in total. The number of carboxylic acids is 1. The van der Waals surface area contributed by atoms with Gasteiger partial charge in [-0.2, -0.15) is 0 Å². The van der Waals surface area contributed by atoms with Crippen LogP contribution in [0.15, 0.2) is 29.2 Å². The first kappa shape index (κ1) is 18.6. The minimum atomic E-state index is -1.01. The lowest BCUT2D eigenvalue weighted by atomic mass is 10.1. The molecule has 1 unspecified atom stereocenters. The van der Waals surface area contributed by atoms with Gasteiger partial charge < -0.3 is 19.9 Å². The monoisotopic (exact) mass is 353 g/mol. The van der Waals surface area contributed by atoms with E-state index in [1.165, 1.54) is 0 Å². The zero-order valence-corrected chi connectivity index (χ0v) is 14.7. The number of rotatable bonds is 8. The summed E-state index contributed by atoms with van der Waals surface area (Å²) in [7, 11) is 1.65. The molecule has 0 aromatic heterocycles. The van der Waals surface area contributed by atoms with Gasteiger partial charge in [-0.25, -0.2) is 4.79 Å². The van der Waals surface area contributed by atoms with Crippen molar-refractivity contribution in [3.8, 4) is 5.75 Å². The fourth-order valence-electron chi connectivity index (χ4n) is 2.43. The minimum Gasteiger partial charge on any atom is -0.496 e. The fourth-order valence-corrected chi connectivity index (χ4v) is 3.48. The van der Waals surface area contributed by atoms with Gasteiger partial charge in [0.05, 0.1) is 7.11 Å². The number of thioether (sulfide) groups is 1. The van der Waals surface area contributed by atoms with Gasteiger partial charge in [-0.1, -0.05) is 19.1 Å². The van der Waals surface area contributed by atoms with Gasteiger partial charge in [-0.15, -0.1) is 11.8 Å². The van der Waals surface area contributed by atoms with E-state index in [4.69, 9.17) is 14.6 Å². The Morgan fingerprint density at radius 2 is 2.08 bits per heavy atom. The summed E-state index contributed by atoms with van der Waals surface area (Å²) >= 11 is 1.68. The highest BCUT2D eigenvalue weighted by atomic mass is 32.2. The average molecular weight is 353 g/mol. The van der Waals surface area contributed by atoms with Gasteiger partial charge in [0.15, 0.2) is 6.10 Å². The SMILES string of the molecule is COc1ccccc1SCC(C)CNC(=O)[C@@H]1CC[C@H](C(=O)O)O1. The molecule has 1 fully saturated rings. The number of nitrogens with one attached hydrogen (secondary N) is 1. The van der Waals surface area contributed by atoms with E-state index in [1.54, 1.807) is 18.9 Å². The van der Waals surface area contributed by atoms with E-state index in [9.17, 15) is 9.59 Å². The second-order valence-electron chi connectivity index (χ2n) is 5.84. The largest absolute Gasteiger partial charge is 0.496 e. The van der Waals surface area contributed by atoms with Crippen molar-refractivity contribution >= 4 is 23.6 Å². The number of amides is 1. The zero-order valence-electron chi connectivity index (χ0n) is 13.9. The summed E-state index contributed by atoms with van der Waals surface area (Å²) in [6, 6.07) is 7.82. The molecule has 1 aliphatic rings. The van der Waals surface area contributed by atoms with Crippen molar-refractivity contribution in [3.05, 3.63) is 24.3 Å². The van der Waals surface area contributed by atoms with Gasteiger partial charge in [0.1, 0.15) is 11.9 Å². The summed E-state index contributed by atoms with van der Waals surface area (Å²) in [5, 5.41) is 11.7. The normalized spacial score (nSPS) is 21.2. The van der Waals surface area contributed by atoms with Crippen molar-refractivity contribution in [3.63, 3.8) is 0 Å². The summed E-state index contributed by atoms with van der Waals surface area (Å²) in [5.74, 6) is 0.710. The first-order valence-corrected chi connectivity index (χ1v) is 8.91. The van der Waals surface area contributed by atoms with Crippen LogP contribution in [0.25, 0.3) is 0 Å². The topological polar surface area (TPSA) is 84.9 Å². The van der Waals surface area contributed by atoms with Crippen LogP contribution in [0.1, 0.15) is 19.8 Å². The van der Waals surface area contributed by atoms with E-state index < -0.39 is 18.2 Å². The van der Waals surface area contributed by atoms with Gasteiger partial charge in [-0.05, 0) is 30.9 Å². The average Bonchev–Trinajstić information content (AvgIpc) is 3.08. The van der Waals surface area contributed by atoms with Crippen LogP contribution in [-0.2, 0) is 14.3 Å². The molecule has 1 aromatic rings. The van der Waals surface area contributed by atoms with Crippen molar-refractivity contribution < 1.29 is 24.2 Å². The molecular weight excluding hydrogens is 330 g/mol. The highest BCUT2D eigenvalue weighted by molar-refractivity contribution is 7.99. The smallest absolute Gasteiger partial charge is 0.332 e. The molecule has 24 heavy (non-hydrogen) atoms. The quantitative estimate of drug-likeness (QED) is 0.697. The van der Waals surface area contributed by atoms with Crippen LogP contribution in [0.5, 0.6) is 5.75 Å². The van der Waals surface area contributed by atoms with Gasteiger partial charge >= 0.3 is 5.97 Å². The second-order valence-corrected chi connectivity index (χ2v) is 6.90. The Morgan fingerprint density at radius 3 is 2.75 bits per heavy atom. The third kappa shape index (κ3) is 5.14. The maximum absolute atomic E-state index is 12.0. The number of carbonyl (C=O) groups is 2. The van der Waals surface area contributed by atoms with E-state index in [-0.39, 0.29) is 11.8 Å². The first-order chi connectivity index (χ1) is 11.5.